The number of nitrogen functional groups attached to an aromatic ring is 1. The third-order valence-electron chi connectivity index (χ3n) is 3.06. The molecule has 8 heteroatoms. The number of alkyl halides is 3. The lowest BCUT2D eigenvalue weighted by Gasteiger charge is -2.21. The zero-order chi connectivity index (χ0) is 14.2. The van der Waals surface area contributed by atoms with Gasteiger partial charge in [-0.2, -0.15) is 18.3 Å². The van der Waals surface area contributed by atoms with Crippen LogP contribution in [0.1, 0.15) is 41.9 Å². The Hall–Kier alpha value is -1.73. The first-order valence-electron chi connectivity index (χ1n) is 6.03. The summed E-state index contributed by atoms with van der Waals surface area (Å²) in [6, 6.07) is 0. The summed E-state index contributed by atoms with van der Waals surface area (Å²) in [5.74, 6) is -0.535. The van der Waals surface area contributed by atoms with Crippen molar-refractivity contribution in [3.05, 3.63) is 11.4 Å². The Bertz CT molecular complexity index is 479. The highest BCUT2D eigenvalue weighted by Gasteiger charge is 2.35. The van der Waals surface area contributed by atoms with E-state index in [4.69, 9.17) is 5.73 Å². The molecule has 1 amide bonds. The summed E-state index contributed by atoms with van der Waals surface area (Å²) in [5.41, 5.74) is 6.49. The molecule has 1 aliphatic carbocycles. The smallest absolute Gasteiger partial charge is 0.395 e. The highest BCUT2D eigenvalue weighted by Crippen LogP contribution is 2.42. The number of aromatic amines is 1. The van der Waals surface area contributed by atoms with Gasteiger partial charge in [-0.1, -0.05) is 0 Å². The molecule has 0 aromatic carbocycles. The summed E-state index contributed by atoms with van der Waals surface area (Å²) in [6.07, 6.45) is -2.52. The normalized spacial score (nSPS) is 15.6. The lowest BCUT2D eigenvalue weighted by molar-refractivity contribution is -0.140. The molecule has 0 aliphatic heterocycles. The highest BCUT2D eigenvalue weighted by atomic mass is 19.4. The summed E-state index contributed by atoms with van der Waals surface area (Å²) in [4.78, 5) is 12.7. The largest absolute Gasteiger partial charge is 0.406 e. The Kier molecular flexibility index (Phi) is 3.42. The van der Waals surface area contributed by atoms with Gasteiger partial charge in [0, 0.05) is 12.5 Å². The van der Waals surface area contributed by atoms with Crippen molar-refractivity contribution in [2.45, 2.75) is 31.9 Å². The van der Waals surface area contributed by atoms with Gasteiger partial charge in [0.25, 0.3) is 5.91 Å². The van der Waals surface area contributed by atoms with Gasteiger partial charge in [0.05, 0.1) is 11.4 Å². The third kappa shape index (κ3) is 2.99. The predicted molar refractivity (Wildman–Crippen MR) is 62.6 cm³/mol. The maximum Gasteiger partial charge on any atom is 0.406 e. The number of nitrogens with two attached hydrogens (primary N) is 1. The molecule has 1 heterocycles. The second kappa shape index (κ2) is 4.75. The van der Waals surface area contributed by atoms with E-state index >= 15 is 0 Å². The van der Waals surface area contributed by atoms with Crippen LogP contribution in [-0.4, -0.2) is 40.3 Å². The second-order valence-electron chi connectivity index (χ2n) is 4.61. The Morgan fingerprint density at radius 1 is 1.53 bits per heavy atom. The summed E-state index contributed by atoms with van der Waals surface area (Å²) in [7, 11) is 0. The number of nitrogens with one attached hydrogen (secondary N) is 1. The number of aromatic nitrogens is 2. The van der Waals surface area contributed by atoms with E-state index < -0.39 is 18.6 Å². The third-order valence-corrected chi connectivity index (χ3v) is 3.06. The van der Waals surface area contributed by atoms with Crippen molar-refractivity contribution in [2.24, 2.45) is 0 Å². The monoisotopic (exact) mass is 276 g/mol. The first kappa shape index (κ1) is 13.7. The Balaban J connectivity index is 2.17. The van der Waals surface area contributed by atoms with E-state index in [0.717, 1.165) is 12.8 Å². The van der Waals surface area contributed by atoms with Crippen LogP contribution in [-0.2, 0) is 0 Å². The summed E-state index contributed by atoms with van der Waals surface area (Å²) in [6.45, 7) is 0.130. The molecule has 3 N–H and O–H groups in total. The summed E-state index contributed by atoms with van der Waals surface area (Å²) < 4.78 is 37.1. The number of rotatable bonds is 4. The molecule has 0 unspecified atom stereocenters. The number of H-pyrrole nitrogens is 1. The lowest BCUT2D eigenvalue weighted by Crippen LogP contribution is -2.39. The van der Waals surface area contributed by atoms with Crippen LogP contribution >= 0.6 is 0 Å². The predicted octanol–water partition coefficient (Wildman–Crippen LogP) is 1.89. The van der Waals surface area contributed by atoms with Crippen LogP contribution in [0.25, 0.3) is 0 Å². The first-order chi connectivity index (χ1) is 8.83. The number of hydrogen-bond donors (Lipinski definition) is 2. The average molecular weight is 276 g/mol. The van der Waals surface area contributed by atoms with Gasteiger partial charge in [-0.05, 0) is 19.8 Å². The van der Waals surface area contributed by atoms with Crippen LogP contribution in [0.4, 0.5) is 18.9 Å². The molecule has 0 bridgehead atoms. The molecule has 1 aromatic heterocycles. The SMILES string of the molecule is CCN(CC(F)(F)F)C(=O)c1n[nH]c(C2CC2)c1N. The van der Waals surface area contributed by atoms with Gasteiger partial charge in [0.2, 0.25) is 0 Å². The van der Waals surface area contributed by atoms with Crippen molar-refractivity contribution in [1.29, 1.82) is 0 Å². The molecule has 1 aliphatic rings. The number of anilines is 1. The van der Waals surface area contributed by atoms with Gasteiger partial charge in [0.15, 0.2) is 5.69 Å². The van der Waals surface area contributed by atoms with E-state index in [1.807, 2.05) is 0 Å². The molecule has 1 fully saturated rings. The zero-order valence-electron chi connectivity index (χ0n) is 10.4. The molecule has 0 saturated heterocycles. The zero-order valence-corrected chi connectivity index (χ0v) is 10.4. The number of nitrogens with zero attached hydrogens (tertiary/aromatic N) is 2. The average Bonchev–Trinajstić information content (AvgIpc) is 3.08. The van der Waals surface area contributed by atoms with E-state index in [-0.39, 0.29) is 23.8 Å². The minimum Gasteiger partial charge on any atom is -0.395 e. The number of halogens is 3. The number of carbonyl (C=O) groups is 1. The van der Waals surface area contributed by atoms with Gasteiger partial charge in [-0.25, -0.2) is 0 Å². The van der Waals surface area contributed by atoms with Crippen LogP contribution in [0.3, 0.4) is 0 Å². The van der Waals surface area contributed by atoms with Crippen molar-refractivity contribution in [1.82, 2.24) is 15.1 Å². The van der Waals surface area contributed by atoms with Crippen molar-refractivity contribution in [3.63, 3.8) is 0 Å². The lowest BCUT2D eigenvalue weighted by atomic mass is 10.2. The minimum atomic E-state index is -4.43. The fourth-order valence-electron chi connectivity index (χ4n) is 1.90. The van der Waals surface area contributed by atoms with Crippen molar-refractivity contribution >= 4 is 11.6 Å². The number of hydrogen-bond acceptors (Lipinski definition) is 3. The molecule has 106 valence electrons. The summed E-state index contributed by atoms with van der Waals surface area (Å²) in [5, 5.41) is 6.42. The molecule has 5 nitrogen and oxygen atoms in total. The maximum atomic E-state index is 12.4. The quantitative estimate of drug-likeness (QED) is 0.881. The topological polar surface area (TPSA) is 75.0 Å². The Labute approximate surface area is 108 Å². The maximum absolute atomic E-state index is 12.4. The van der Waals surface area contributed by atoms with Crippen molar-refractivity contribution in [3.8, 4) is 0 Å². The van der Waals surface area contributed by atoms with Crippen LogP contribution in [0.5, 0.6) is 0 Å². The fraction of sp³-hybridized carbons (Fsp3) is 0.636. The minimum absolute atomic E-state index is 0.0522. The number of amides is 1. The molecule has 2 rings (SSSR count). The molecule has 19 heavy (non-hydrogen) atoms. The van der Waals surface area contributed by atoms with E-state index in [0.29, 0.717) is 10.6 Å². The summed E-state index contributed by atoms with van der Waals surface area (Å²) >= 11 is 0. The first-order valence-corrected chi connectivity index (χ1v) is 6.03. The Morgan fingerprint density at radius 3 is 2.63 bits per heavy atom. The van der Waals surface area contributed by atoms with E-state index in [9.17, 15) is 18.0 Å². The molecular weight excluding hydrogens is 261 g/mol. The van der Waals surface area contributed by atoms with Gasteiger partial charge < -0.3 is 10.6 Å². The standard InChI is InChI=1S/C11H15F3N4O/c1-2-18(5-11(12,13)14)10(19)9-7(15)8(16-17-9)6-3-4-6/h6H,2-5,15H2,1H3,(H,16,17). The van der Waals surface area contributed by atoms with Crippen molar-refractivity contribution in [2.75, 3.05) is 18.8 Å². The molecule has 1 saturated carbocycles. The molecule has 0 atom stereocenters. The highest BCUT2D eigenvalue weighted by molar-refractivity contribution is 5.97. The second-order valence-corrected chi connectivity index (χ2v) is 4.61. The van der Waals surface area contributed by atoms with Crippen LogP contribution in [0.2, 0.25) is 0 Å². The fourth-order valence-corrected chi connectivity index (χ4v) is 1.90. The van der Waals surface area contributed by atoms with Gasteiger partial charge in [0.1, 0.15) is 6.54 Å². The van der Waals surface area contributed by atoms with E-state index in [1.165, 1.54) is 6.92 Å². The van der Waals surface area contributed by atoms with E-state index in [1.54, 1.807) is 0 Å². The molecule has 0 radical (unpaired) electrons. The molecule has 1 aromatic rings. The van der Waals surface area contributed by atoms with Gasteiger partial charge in [-0.3, -0.25) is 9.89 Å². The molecular formula is C11H15F3N4O. The molecule has 0 spiro atoms. The Morgan fingerprint density at radius 2 is 2.16 bits per heavy atom. The van der Waals surface area contributed by atoms with Crippen LogP contribution < -0.4 is 5.73 Å². The van der Waals surface area contributed by atoms with Crippen LogP contribution in [0, 0.1) is 0 Å². The van der Waals surface area contributed by atoms with Gasteiger partial charge >= 0.3 is 6.18 Å². The number of carbonyl (C=O) groups excluding carboxylic acids is 1. The van der Waals surface area contributed by atoms with Gasteiger partial charge in [-0.15, -0.1) is 0 Å². The van der Waals surface area contributed by atoms with Crippen molar-refractivity contribution < 1.29 is 18.0 Å². The van der Waals surface area contributed by atoms with E-state index in [2.05, 4.69) is 10.2 Å². The van der Waals surface area contributed by atoms with Crippen LogP contribution in [0.15, 0.2) is 0 Å².